The molecule has 0 fully saturated rings. The molecule has 4 N–H and O–H groups in total. The molecule has 0 atom stereocenters. The van der Waals surface area contributed by atoms with Gasteiger partial charge in [0.15, 0.2) is 0 Å². The van der Waals surface area contributed by atoms with E-state index in [1.807, 2.05) is 0 Å². The number of carbonyl (C=O) groups is 2. The average Bonchev–Trinajstić information content (AvgIpc) is 2.31. The maximum Gasteiger partial charge on any atom is 0.336 e. The van der Waals surface area contributed by atoms with E-state index in [2.05, 4.69) is 5.32 Å². The summed E-state index contributed by atoms with van der Waals surface area (Å²) in [5, 5.41) is 11.7. The van der Waals surface area contributed by atoms with Crippen LogP contribution in [0, 0.1) is 12.3 Å². The Hall–Kier alpha value is -1.88. The predicted molar refractivity (Wildman–Crippen MR) is 69.6 cm³/mol. The van der Waals surface area contributed by atoms with Crippen molar-refractivity contribution in [1.82, 2.24) is 0 Å². The Labute approximate surface area is 106 Å². The van der Waals surface area contributed by atoms with E-state index in [0.29, 0.717) is 11.3 Å². The number of hydrogen-bond acceptors (Lipinski definition) is 3. The molecular formula is C13H18N2O3. The van der Waals surface area contributed by atoms with E-state index < -0.39 is 11.4 Å². The number of rotatable bonds is 4. The number of nitrogens with two attached hydrogens (primary N) is 1. The number of benzene rings is 1. The molecule has 0 aliphatic rings. The van der Waals surface area contributed by atoms with E-state index in [1.165, 1.54) is 6.07 Å². The molecule has 1 rings (SSSR count). The van der Waals surface area contributed by atoms with Gasteiger partial charge >= 0.3 is 5.97 Å². The van der Waals surface area contributed by atoms with Gasteiger partial charge in [-0.2, -0.15) is 0 Å². The quantitative estimate of drug-likeness (QED) is 0.757. The summed E-state index contributed by atoms with van der Waals surface area (Å²) in [5.74, 6) is -1.24. The average molecular weight is 250 g/mol. The van der Waals surface area contributed by atoms with Gasteiger partial charge in [0, 0.05) is 12.2 Å². The number of aromatic carboxylic acids is 1. The third-order valence-electron chi connectivity index (χ3n) is 2.94. The van der Waals surface area contributed by atoms with Crippen molar-refractivity contribution in [3.8, 4) is 0 Å². The Morgan fingerprint density at radius 2 is 2.00 bits per heavy atom. The summed E-state index contributed by atoms with van der Waals surface area (Å²) < 4.78 is 0. The Kier molecular flexibility index (Phi) is 4.08. The van der Waals surface area contributed by atoms with Crippen molar-refractivity contribution in [2.75, 3.05) is 11.9 Å². The molecule has 0 bridgehead atoms. The normalized spacial score (nSPS) is 11.1. The number of carboxylic acid groups (broad SMARTS) is 1. The number of anilines is 1. The zero-order valence-electron chi connectivity index (χ0n) is 10.8. The highest BCUT2D eigenvalue weighted by Crippen LogP contribution is 2.22. The first-order valence-corrected chi connectivity index (χ1v) is 5.64. The highest BCUT2D eigenvalue weighted by atomic mass is 16.4. The van der Waals surface area contributed by atoms with Gasteiger partial charge in [-0.3, -0.25) is 4.79 Å². The SMILES string of the molecule is Cc1c(NC(=O)C(C)(C)CN)cccc1C(=O)O. The topological polar surface area (TPSA) is 92.4 Å². The molecule has 98 valence electrons. The molecule has 1 aromatic carbocycles. The lowest BCUT2D eigenvalue weighted by molar-refractivity contribution is -0.123. The van der Waals surface area contributed by atoms with E-state index in [4.69, 9.17) is 10.8 Å². The highest BCUT2D eigenvalue weighted by Gasteiger charge is 2.26. The summed E-state index contributed by atoms with van der Waals surface area (Å²) in [6.07, 6.45) is 0. The van der Waals surface area contributed by atoms with E-state index in [0.717, 1.165) is 0 Å². The van der Waals surface area contributed by atoms with Crippen molar-refractivity contribution in [1.29, 1.82) is 0 Å². The van der Waals surface area contributed by atoms with Gasteiger partial charge in [0.05, 0.1) is 11.0 Å². The van der Waals surface area contributed by atoms with Crippen LogP contribution in [0.25, 0.3) is 0 Å². The molecule has 1 amide bonds. The van der Waals surface area contributed by atoms with E-state index in [-0.39, 0.29) is 18.0 Å². The zero-order valence-corrected chi connectivity index (χ0v) is 10.8. The van der Waals surface area contributed by atoms with Gasteiger partial charge in [0.1, 0.15) is 0 Å². The van der Waals surface area contributed by atoms with Crippen LogP contribution >= 0.6 is 0 Å². The molecular weight excluding hydrogens is 232 g/mol. The summed E-state index contributed by atoms with van der Waals surface area (Å²) >= 11 is 0. The molecule has 0 unspecified atom stereocenters. The first-order chi connectivity index (χ1) is 8.29. The molecule has 0 aromatic heterocycles. The second-order valence-corrected chi connectivity index (χ2v) is 4.83. The molecule has 0 spiro atoms. The maximum absolute atomic E-state index is 12.0. The van der Waals surface area contributed by atoms with Crippen LogP contribution < -0.4 is 11.1 Å². The molecule has 5 nitrogen and oxygen atoms in total. The number of hydrogen-bond donors (Lipinski definition) is 3. The number of amides is 1. The second-order valence-electron chi connectivity index (χ2n) is 4.83. The van der Waals surface area contributed by atoms with Crippen LogP contribution in [0.4, 0.5) is 5.69 Å². The lowest BCUT2D eigenvalue weighted by Gasteiger charge is -2.22. The van der Waals surface area contributed by atoms with Crippen molar-refractivity contribution in [3.05, 3.63) is 29.3 Å². The minimum absolute atomic E-state index is 0.179. The number of carbonyl (C=O) groups excluding carboxylic acids is 1. The molecule has 1 aromatic rings. The van der Waals surface area contributed by atoms with Gasteiger partial charge in [-0.25, -0.2) is 4.79 Å². The lowest BCUT2D eigenvalue weighted by Crippen LogP contribution is -2.37. The third kappa shape index (κ3) is 2.87. The van der Waals surface area contributed by atoms with Gasteiger partial charge in [-0.15, -0.1) is 0 Å². The highest BCUT2D eigenvalue weighted by molar-refractivity contribution is 5.98. The standard InChI is InChI=1S/C13H18N2O3/c1-8-9(11(16)17)5-4-6-10(8)15-12(18)13(2,3)7-14/h4-6H,7,14H2,1-3H3,(H,15,18)(H,16,17). The van der Waals surface area contributed by atoms with Gasteiger partial charge < -0.3 is 16.2 Å². The van der Waals surface area contributed by atoms with Gasteiger partial charge in [-0.1, -0.05) is 6.07 Å². The van der Waals surface area contributed by atoms with Crippen LogP contribution in [0.1, 0.15) is 29.8 Å². The Bertz CT molecular complexity index is 481. The number of nitrogens with one attached hydrogen (secondary N) is 1. The van der Waals surface area contributed by atoms with Crippen LogP contribution in [0.2, 0.25) is 0 Å². The van der Waals surface area contributed by atoms with Crippen LogP contribution in [-0.4, -0.2) is 23.5 Å². The Morgan fingerprint density at radius 3 is 2.50 bits per heavy atom. The first-order valence-electron chi connectivity index (χ1n) is 5.64. The summed E-state index contributed by atoms with van der Waals surface area (Å²) in [6.45, 7) is 5.35. The predicted octanol–water partition coefficient (Wildman–Crippen LogP) is 1.62. The van der Waals surface area contributed by atoms with E-state index in [9.17, 15) is 9.59 Å². The molecule has 0 heterocycles. The Balaban J connectivity index is 3.03. The fourth-order valence-corrected chi connectivity index (χ4v) is 1.39. The van der Waals surface area contributed by atoms with Crippen molar-refractivity contribution in [2.45, 2.75) is 20.8 Å². The fourth-order valence-electron chi connectivity index (χ4n) is 1.39. The molecule has 0 aliphatic heterocycles. The Morgan fingerprint density at radius 1 is 1.39 bits per heavy atom. The molecule has 0 saturated heterocycles. The van der Waals surface area contributed by atoms with Crippen LogP contribution in [-0.2, 0) is 4.79 Å². The van der Waals surface area contributed by atoms with Gasteiger partial charge in [0.2, 0.25) is 5.91 Å². The number of carboxylic acids is 1. The summed E-state index contributed by atoms with van der Waals surface area (Å²) in [4.78, 5) is 22.9. The van der Waals surface area contributed by atoms with Crippen LogP contribution in [0.15, 0.2) is 18.2 Å². The van der Waals surface area contributed by atoms with E-state index >= 15 is 0 Å². The van der Waals surface area contributed by atoms with Crippen molar-refractivity contribution >= 4 is 17.6 Å². The maximum atomic E-state index is 12.0. The minimum Gasteiger partial charge on any atom is -0.478 e. The molecule has 18 heavy (non-hydrogen) atoms. The summed E-state index contributed by atoms with van der Waals surface area (Å²) in [7, 11) is 0. The fraction of sp³-hybridized carbons (Fsp3) is 0.385. The second kappa shape index (κ2) is 5.18. The summed E-state index contributed by atoms with van der Waals surface area (Å²) in [5.41, 5.74) is 6.05. The minimum atomic E-state index is -1.01. The van der Waals surface area contributed by atoms with Crippen molar-refractivity contribution in [3.63, 3.8) is 0 Å². The van der Waals surface area contributed by atoms with Crippen LogP contribution in [0.3, 0.4) is 0 Å². The van der Waals surface area contributed by atoms with Crippen molar-refractivity contribution in [2.24, 2.45) is 11.1 Å². The third-order valence-corrected chi connectivity index (χ3v) is 2.94. The largest absolute Gasteiger partial charge is 0.478 e. The van der Waals surface area contributed by atoms with Crippen molar-refractivity contribution < 1.29 is 14.7 Å². The monoisotopic (exact) mass is 250 g/mol. The van der Waals surface area contributed by atoms with Gasteiger partial charge in [0.25, 0.3) is 0 Å². The molecule has 0 radical (unpaired) electrons. The first kappa shape index (κ1) is 14.2. The smallest absolute Gasteiger partial charge is 0.336 e. The van der Waals surface area contributed by atoms with Gasteiger partial charge in [-0.05, 0) is 38.5 Å². The summed E-state index contributed by atoms with van der Waals surface area (Å²) in [6, 6.07) is 4.77. The zero-order chi connectivity index (χ0) is 13.9. The molecule has 5 heteroatoms. The molecule has 0 saturated carbocycles. The lowest BCUT2D eigenvalue weighted by atomic mass is 9.92. The van der Waals surface area contributed by atoms with E-state index in [1.54, 1.807) is 32.9 Å². The van der Waals surface area contributed by atoms with Crippen LogP contribution in [0.5, 0.6) is 0 Å². The molecule has 0 aliphatic carbocycles.